The van der Waals surface area contributed by atoms with Crippen LogP contribution in [-0.2, 0) is 13.6 Å². The van der Waals surface area contributed by atoms with Crippen molar-refractivity contribution >= 4 is 7.82 Å². The van der Waals surface area contributed by atoms with Crippen LogP contribution in [0.1, 0.15) is 98.8 Å². The summed E-state index contributed by atoms with van der Waals surface area (Å²) in [4.78, 5) is 9.77. The van der Waals surface area contributed by atoms with Crippen LogP contribution >= 0.6 is 7.82 Å². The number of hydrogen-bond acceptors (Lipinski definition) is 3. The first kappa shape index (κ1) is 32.1. The Labute approximate surface area is 196 Å². The second-order valence-corrected chi connectivity index (χ2v) is 8.20. The Morgan fingerprint density at radius 1 is 0.846 bits per heavy atom. The summed E-state index contributed by atoms with van der Waals surface area (Å²) in [6.45, 7) is 14.8. The smallest absolute Gasteiger partial charge is 0.343 e. The summed E-state index contributed by atoms with van der Waals surface area (Å²) in [5.41, 5.74) is 0. The van der Waals surface area contributed by atoms with Gasteiger partial charge in [0.05, 0.1) is 13.2 Å². The van der Waals surface area contributed by atoms with Gasteiger partial charge in [-0.3, -0.25) is 9.05 Å². The second-order valence-electron chi connectivity index (χ2n) is 6.75. The van der Waals surface area contributed by atoms with Crippen LogP contribution in [0.3, 0.4) is 0 Å². The van der Waals surface area contributed by atoms with E-state index in [1.54, 1.807) is 0 Å². The van der Waals surface area contributed by atoms with Gasteiger partial charge in [-0.25, -0.2) is 4.57 Å². The van der Waals surface area contributed by atoms with E-state index in [0.29, 0.717) is 25.0 Å². The Hall–Kier alpha value is 1.46. The first-order chi connectivity index (χ1) is 11.9. The molecule has 4 nitrogen and oxygen atoms in total. The summed E-state index contributed by atoms with van der Waals surface area (Å²) in [6.07, 6.45) is 10.8. The molecule has 1 N–H and O–H groups in total. The summed E-state index contributed by atoms with van der Waals surface area (Å²) in [7, 11) is -3.89. The molecule has 0 aliphatic carbocycles. The minimum absolute atomic E-state index is 0. The Kier molecular flexibility index (Phi) is 28.1. The zero-order chi connectivity index (χ0) is 19.6. The molecule has 2 unspecified atom stereocenters. The van der Waals surface area contributed by atoms with Crippen LogP contribution in [0.25, 0.3) is 0 Å². The van der Waals surface area contributed by atoms with Crippen molar-refractivity contribution < 1.29 is 59.3 Å². The molecule has 0 saturated carbocycles. The van der Waals surface area contributed by atoms with Gasteiger partial charge in [0.2, 0.25) is 0 Å². The van der Waals surface area contributed by atoms with Crippen LogP contribution in [0.15, 0.2) is 0 Å². The van der Waals surface area contributed by atoms with E-state index >= 15 is 0 Å². The summed E-state index contributed by atoms with van der Waals surface area (Å²) in [5, 5.41) is 0. The maximum Gasteiger partial charge on any atom is 0.472 e. The number of phosphoric ester groups is 1. The van der Waals surface area contributed by atoms with Gasteiger partial charge in [-0.1, -0.05) is 79.6 Å². The Morgan fingerprint density at radius 2 is 1.19 bits per heavy atom. The van der Waals surface area contributed by atoms with Crippen molar-refractivity contribution in [1.29, 1.82) is 0 Å². The summed E-state index contributed by atoms with van der Waals surface area (Å²) in [6, 6.07) is 0. The molecule has 0 heterocycles. The number of hydrogen-bond donors (Lipinski definition) is 1. The van der Waals surface area contributed by atoms with Crippen molar-refractivity contribution in [1.82, 2.24) is 0 Å². The van der Waals surface area contributed by atoms with Gasteiger partial charge in [0, 0.05) is 40.8 Å². The van der Waals surface area contributed by atoms with Crippen LogP contribution in [0.5, 0.6) is 0 Å². The van der Waals surface area contributed by atoms with Crippen molar-refractivity contribution in [3.8, 4) is 0 Å². The topological polar surface area (TPSA) is 55.8 Å². The molecule has 0 saturated heterocycles. The van der Waals surface area contributed by atoms with E-state index in [0.717, 1.165) is 57.8 Å². The molecule has 0 bridgehead atoms. The molecule has 0 amide bonds. The minimum atomic E-state index is -3.89. The first-order valence-electron chi connectivity index (χ1n) is 10.3. The van der Waals surface area contributed by atoms with Crippen LogP contribution in [-0.4, -0.2) is 18.1 Å². The third-order valence-corrected chi connectivity index (χ3v) is 5.34. The molecule has 0 fully saturated rings. The Bertz CT molecular complexity index is 290. The zero-order valence-corrected chi connectivity index (χ0v) is 22.1. The van der Waals surface area contributed by atoms with Gasteiger partial charge in [0.25, 0.3) is 0 Å². The molecule has 2 atom stereocenters. The largest absolute Gasteiger partial charge is 0.472 e. The Balaban J connectivity index is -0.000000951. The number of phosphoric acid groups is 1. The van der Waals surface area contributed by atoms with Crippen LogP contribution in [0.2, 0.25) is 0 Å². The van der Waals surface area contributed by atoms with Gasteiger partial charge < -0.3 is 11.8 Å². The van der Waals surface area contributed by atoms with Crippen molar-refractivity contribution in [2.75, 3.05) is 13.2 Å². The normalized spacial score (nSPS) is 15.2. The molecule has 0 spiro atoms. The molecule has 6 heteroatoms. The quantitative estimate of drug-likeness (QED) is 0.183. The molecule has 0 aliphatic heterocycles. The number of unbranched alkanes of at least 4 members (excludes halogenated alkanes) is 3. The molecule has 0 aromatic rings. The average molecular weight is 524 g/mol. The molecule has 0 rings (SSSR count). The zero-order valence-electron chi connectivity index (χ0n) is 18.0. The van der Waals surface area contributed by atoms with Gasteiger partial charge >= 0.3 is 7.82 Å². The van der Waals surface area contributed by atoms with Gasteiger partial charge in [-0.05, 0) is 24.7 Å². The molecule has 0 aromatic carbocycles. The predicted octanol–water partition coefficient (Wildman–Crippen LogP) is 7.17. The maximum atomic E-state index is 11.9. The van der Waals surface area contributed by atoms with E-state index in [9.17, 15) is 9.46 Å². The second kappa shape index (κ2) is 22.7. The van der Waals surface area contributed by atoms with E-state index in [1.165, 1.54) is 6.42 Å². The van der Waals surface area contributed by atoms with Gasteiger partial charge in [0.1, 0.15) is 0 Å². The maximum absolute atomic E-state index is 11.9. The van der Waals surface area contributed by atoms with Crippen molar-refractivity contribution in [2.45, 2.75) is 98.8 Å². The van der Waals surface area contributed by atoms with Crippen molar-refractivity contribution in [3.63, 3.8) is 0 Å². The van der Waals surface area contributed by atoms with Gasteiger partial charge in [-0.15, -0.1) is 0 Å². The van der Waals surface area contributed by atoms with Crippen molar-refractivity contribution in [2.24, 2.45) is 11.8 Å². The minimum Gasteiger partial charge on any atom is -0.343 e. The van der Waals surface area contributed by atoms with Gasteiger partial charge in [0.15, 0.2) is 0 Å². The average Bonchev–Trinajstić information content (AvgIpc) is 2.62. The first-order valence-corrected chi connectivity index (χ1v) is 11.8. The standard InChI is InChI=1S/C16H35O4P.C4H9.Nd/c1-5-9-11-15(7-3)13-19-21(17,18)20-14-16(8-4)12-10-6-2;1-3-4-2;/h15-16H,5-14H2,1-4H3,(H,17,18);1,3-4H2,2H3;/q;-1;. The third kappa shape index (κ3) is 21.8. The molecule has 26 heavy (non-hydrogen) atoms. The molecule has 0 radical (unpaired) electrons. The monoisotopic (exact) mass is 521 g/mol. The van der Waals surface area contributed by atoms with E-state index in [-0.39, 0.29) is 40.8 Å². The summed E-state index contributed by atoms with van der Waals surface area (Å²) < 4.78 is 22.2. The molecule has 158 valence electrons. The summed E-state index contributed by atoms with van der Waals surface area (Å²) in [5.74, 6) is 0.687. The van der Waals surface area contributed by atoms with E-state index in [2.05, 4.69) is 41.5 Å². The molecular formula is C20H44NdO4P-. The van der Waals surface area contributed by atoms with Crippen LogP contribution < -0.4 is 0 Å². The molecule has 0 aliphatic rings. The van der Waals surface area contributed by atoms with Gasteiger partial charge in [-0.2, -0.15) is 6.42 Å². The van der Waals surface area contributed by atoms with Crippen LogP contribution in [0.4, 0.5) is 0 Å². The Morgan fingerprint density at radius 3 is 1.42 bits per heavy atom. The fraction of sp³-hybridized carbons (Fsp3) is 0.950. The van der Waals surface area contributed by atoms with E-state index < -0.39 is 7.82 Å². The molecular weight excluding hydrogens is 479 g/mol. The number of rotatable bonds is 15. The fourth-order valence-corrected chi connectivity index (χ4v) is 3.11. The predicted molar refractivity (Wildman–Crippen MR) is 109 cm³/mol. The summed E-state index contributed by atoms with van der Waals surface area (Å²) >= 11 is 0. The van der Waals surface area contributed by atoms with Crippen molar-refractivity contribution in [3.05, 3.63) is 6.92 Å². The third-order valence-electron chi connectivity index (χ3n) is 4.39. The molecule has 0 aromatic heterocycles. The SMILES string of the molecule is CCCCC(CC)COP(=O)(O)OCC(CC)CCCC.[CH2-]CCC.[Nd]. The van der Waals surface area contributed by atoms with E-state index in [4.69, 9.17) is 9.05 Å². The van der Waals surface area contributed by atoms with Crippen LogP contribution in [0, 0.1) is 59.6 Å². The van der Waals surface area contributed by atoms with E-state index in [1.807, 2.05) is 0 Å². The fourth-order valence-electron chi connectivity index (χ4n) is 2.23.